The second-order valence-corrected chi connectivity index (χ2v) is 4.66. The number of nitrogens with two attached hydrogens (primary N) is 1. The first kappa shape index (κ1) is 14.6. The van der Waals surface area contributed by atoms with E-state index in [9.17, 15) is 9.18 Å². The highest BCUT2D eigenvalue weighted by Crippen LogP contribution is 2.33. The van der Waals surface area contributed by atoms with Crippen LogP contribution in [0.3, 0.4) is 0 Å². The number of amides is 1. The van der Waals surface area contributed by atoms with Crippen LogP contribution in [0.25, 0.3) is 11.3 Å². The Morgan fingerprint density at radius 2 is 1.57 bits per heavy atom. The van der Waals surface area contributed by atoms with Crippen LogP contribution in [0.2, 0.25) is 0 Å². The number of carbonyl (C=O) groups excluding carboxylic acids is 1. The number of nitrogens with zero attached hydrogens (tertiary/aromatic N) is 2. The Bertz CT molecular complexity index is 839. The molecular formula is C17H12FN3O2. The predicted octanol–water partition coefficient (Wildman–Crippen LogP) is 3.17. The molecule has 0 radical (unpaired) electrons. The van der Waals surface area contributed by atoms with Gasteiger partial charge < -0.3 is 10.5 Å². The minimum absolute atomic E-state index is 0.160. The summed E-state index contributed by atoms with van der Waals surface area (Å²) < 4.78 is 19.9. The third kappa shape index (κ3) is 3.16. The number of primary amides is 1. The lowest BCUT2D eigenvalue weighted by Crippen LogP contribution is -2.17. The van der Waals surface area contributed by atoms with Crippen molar-refractivity contribution in [2.45, 2.75) is 0 Å². The molecule has 0 bridgehead atoms. The molecule has 5 nitrogen and oxygen atoms in total. The van der Waals surface area contributed by atoms with Crippen LogP contribution in [0, 0.1) is 5.95 Å². The van der Waals surface area contributed by atoms with Crippen molar-refractivity contribution in [3.63, 3.8) is 0 Å². The maximum absolute atomic E-state index is 14.4. The van der Waals surface area contributed by atoms with Gasteiger partial charge in [-0.05, 0) is 12.1 Å². The molecule has 6 heteroatoms. The molecule has 114 valence electrons. The maximum Gasteiger partial charge on any atom is 0.286 e. The smallest absolute Gasteiger partial charge is 0.286 e. The van der Waals surface area contributed by atoms with Crippen LogP contribution in [0.1, 0.15) is 10.6 Å². The molecule has 1 amide bonds. The van der Waals surface area contributed by atoms with E-state index < -0.39 is 17.7 Å². The number of para-hydroxylation sites is 1. The van der Waals surface area contributed by atoms with Gasteiger partial charge in [0, 0.05) is 5.56 Å². The normalized spacial score (nSPS) is 10.3. The lowest BCUT2D eigenvalue weighted by molar-refractivity contribution is 0.0989. The summed E-state index contributed by atoms with van der Waals surface area (Å²) in [4.78, 5) is 18.8. The third-order valence-electron chi connectivity index (χ3n) is 3.05. The average molecular weight is 309 g/mol. The molecule has 2 aromatic carbocycles. The summed E-state index contributed by atoms with van der Waals surface area (Å²) in [6.07, 6.45) is 0. The fourth-order valence-electron chi connectivity index (χ4n) is 2.02. The Balaban J connectivity index is 2.15. The van der Waals surface area contributed by atoms with Crippen molar-refractivity contribution in [1.82, 2.24) is 9.97 Å². The van der Waals surface area contributed by atoms with Gasteiger partial charge in [-0.3, -0.25) is 4.79 Å². The van der Waals surface area contributed by atoms with Crippen molar-refractivity contribution < 1.29 is 13.9 Å². The highest BCUT2D eigenvalue weighted by molar-refractivity contribution is 5.89. The number of carbonyl (C=O) groups is 1. The number of hydrogen-bond acceptors (Lipinski definition) is 4. The van der Waals surface area contributed by atoms with Crippen molar-refractivity contribution in [3.05, 3.63) is 72.4 Å². The van der Waals surface area contributed by atoms with Gasteiger partial charge in [-0.1, -0.05) is 48.5 Å². The molecule has 0 aliphatic heterocycles. The minimum atomic E-state index is -0.948. The second-order valence-electron chi connectivity index (χ2n) is 4.66. The number of rotatable bonds is 4. The molecule has 0 aliphatic carbocycles. The van der Waals surface area contributed by atoms with E-state index in [-0.39, 0.29) is 11.4 Å². The average Bonchev–Trinajstić information content (AvgIpc) is 2.58. The molecular weight excluding hydrogens is 297 g/mol. The van der Waals surface area contributed by atoms with Crippen LogP contribution < -0.4 is 10.5 Å². The molecule has 0 saturated heterocycles. The van der Waals surface area contributed by atoms with E-state index >= 15 is 0 Å². The molecule has 0 unspecified atom stereocenters. The number of halogens is 1. The number of hydrogen-bond donors (Lipinski definition) is 1. The summed E-state index contributed by atoms with van der Waals surface area (Å²) in [5.74, 6) is -1.99. The quantitative estimate of drug-likeness (QED) is 0.751. The molecule has 1 aromatic heterocycles. The molecule has 0 spiro atoms. The molecule has 23 heavy (non-hydrogen) atoms. The van der Waals surface area contributed by atoms with E-state index in [4.69, 9.17) is 10.5 Å². The molecule has 0 atom stereocenters. The Kier molecular flexibility index (Phi) is 3.97. The monoisotopic (exact) mass is 309 g/mol. The summed E-state index contributed by atoms with van der Waals surface area (Å²) in [7, 11) is 0. The number of ether oxygens (including phenoxy) is 1. The van der Waals surface area contributed by atoms with E-state index in [0.717, 1.165) is 0 Å². The van der Waals surface area contributed by atoms with Crippen molar-refractivity contribution in [2.24, 2.45) is 5.73 Å². The van der Waals surface area contributed by atoms with Crippen LogP contribution in [0.15, 0.2) is 60.7 Å². The van der Waals surface area contributed by atoms with Gasteiger partial charge in [0.15, 0.2) is 0 Å². The fraction of sp³-hybridized carbons (Fsp3) is 0. The summed E-state index contributed by atoms with van der Waals surface area (Å²) in [6.45, 7) is 0. The van der Waals surface area contributed by atoms with E-state index in [1.165, 1.54) is 0 Å². The van der Waals surface area contributed by atoms with Crippen LogP contribution >= 0.6 is 0 Å². The molecule has 2 N–H and O–H groups in total. The van der Waals surface area contributed by atoms with Crippen molar-refractivity contribution >= 4 is 5.91 Å². The summed E-state index contributed by atoms with van der Waals surface area (Å²) in [5, 5.41) is 0. The molecule has 0 aliphatic rings. The Morgan fingerprint density at radius 1 is 0.957 bits per heavy atom. The highest BCUT2D eigenvalue weighted by atomic mass is 19.1. The van der Waals surface area contributed by atoms with Crippen molar-refractivity contribution in [3.8, 4) is 22.8 Å². The Hall–Kier alpha value is -3.28. The molecule has 0 fully saturated rings. The van der Waals surface area contributed by atoms with Crippen molar-refractivity contribution in [2.75, 3.05) is 0 Å². The van der Waals surface area contributed by atoms with Gasteiger partial charge in [-0.15, -0.1) is 0 Å². The van der Waals surface area contributed by atoms with Crippen LogP contribution in [0.5, 0.6) is 11.5 Å². The van der Waals surface area contributed by atoms with E-state index in [2.05, 4.69) is 9.97 Å². The molecule has 3 rings (SSSR count). The van der Waals surface area contributed by atoms with Gasteiger partial charge in [0.25, 0.3) is 11.9 Å². The first-order chi connectivity index (χ1) is 11.1. The lowest BCUT2D eigenvalue weighted by Gasteiger charge is -2.12. The van der Waals surface area contributed by atoms with Crippen LogP contribution in [-0.2, 0) is 0 Å². The largest absolute Gasteiger partial charge is 0.450 e. The van der Waals surface area contributed by atoms with E-state index in [0.29, 0.717) is 11.3 Å². The zero-order chi connectivity index (χ0) is 16.2. The van der Waals surface area contributed by atoms with Crippen LogP contribution in [0.4, 0.5) is 4.39 Å². The fourth-order valence-corrected chi connectivity index (χ4v) is 2.02. The predicted molar refractivity (Wildman–Crippen MR) is 82.5 cm³/mol. The number of benzene rings is 2. The van der Waals surface area contributed by atoms with Gasteiger partial charge >= 0.3 is 0 Å². The van der Waals surface area contributed by atoms with Crippen LogP contribution in [-0.4, -0.2) is 15.9 Å². The van der Waals surface area contributed by atoms with Gasteiger partial charge in [0.1, 0.15) is 11.4 Å². The summed E-state index contributed by atoms with van der Waals surface area (Å²) in [5.41, 5.74) is 5.91. The van der Waals surface area contributed by atoms with Gasteiger partial charge in [-0.25, -0.2) is 4.98 Å². The first-order valence-electron chi connectivity index (χ1n) is 6.81. The lowest BCUT2D eigenvalue weighted by atomic mass is 10.1. The SMILES string of the molecule is NC(=O)c1nc(F)c(Oc2ccccc2)c(-c2ccccc2)n1. The molecule has 1 heterocycles. The highest BCUT2D eigenvalue weighted by Gasteiger charge is 2.20. The Morgan fingerprint density at radius 3 is 2.17 bits per heavy atom. The summed E-state index contributed by atoms with van der Waals surface area (Å²) in [6, 6.07) is 17.5. The topological polar surface area (TPSA) is 78.1 Å². The molecule has 3 aromatic rings. The second kappa shape index (κ2) is 6.23. The third-order valence-corrected chi connectivity index (χ3v) is 3.05. The summed E-state index contributed by atoms with van der Waals surface area (Å²) >= 11 is 0. The van der Waals surface area contributed by atoms with Gasteiger partial charge in [-0.2, -0.15) is 9.37 Å². The Labute approximate surface area is 131 Å². The zero-order valence-corrected chi connectivity index (χ0v) is 11.9. The van der Waals surface area contributed by atoms with E-state index in [1.807, 2.05) is 12.1 Å². The minimum Gasteiger partial charge on any atom is -0.450 e. The standard InChI is InChI=1S/C17H12FN3O2/c18-15-14(23-12-9-5-2-6-10-12)13(11-7-3-1-4-8-11)20-17(21-15)16(19)22/h1-10H,(H2,19,22). The number of aromatic nitrogens is 2. The van der Waals surface area contributed by atoms with Gasteiger partial charge in [0.05, 0.1) is 0 Å². The maximum atomic E-state index is 14.4. The zero-order valence-electron chi connectivity index (χ0n) is 11.9. The first-order valence-corrected chi connectivity index (χ1v) is 6.81. The van der Waals surface area contributed by atoms with Gasteiger partial charge in [0.2, 0.25) is 11.6 Å². The molecule has 0 saturated carbocycles. The van der Waals surface area contributed by atoms with E-state index in [1.54, 1.807) is 48.5 Å². The van der Waals surface area contributed by atoms with Crippen molar-refractivity contribution in [1.29, 1.82) is 0 Å².